The van der Waals surface area contributed by atoms with E-state index < -0.39 is 0 Å². The van der Waals surface area contributed by atoms with Gasteiger partial charge in [-0.05, 0) is 52.2 Å². The Bertz CT molecular complexity index is 588. The van der Waals surface area contributed by atoms with Crippen LogP contribution in [0.3, 0.4) is 0 Å². The number of halogens is 1. The summed E-state index contributed by atoms with van der Waals surface area (Å²) in [4.78, 5) is 4.23. The largest absolute Gasteiger partial charge is 0.504 e. The highest BCUT2D eigenvalue weighted by Gasteiger charge is 2.03. The minimum absolute atomic E-state index is 0.146. The molecule has 0 amide bonds. The van der Waals surface area contributed by atoms with Crippen LogP contribution in [0.4, 0.5) is 5.69 Å². The van der Waals surface area contributed by atoms with Crippen LogP contribution in [0, 0.1) is 6.92 Å². The molecular formula is C14H15BrN2O2. The summed E-state index contributed by atoms with van der Waals surface area (Å²) < 4.78 is 5.93. The van der Waals surface area contributed by atoms with Crippen molar-refractivity contribution in [2.75, 3.05) is 12.4 Å². The summed E-state index contributed by atoms with van der Waals surface area (Å²) in [6.07, 6.45) is 1.77. The number of anilines is 1. The quantitative estimate of drug-likeness (QED) is 0.846. The molecule has 0 fully saturated rings. The molecule has 2 aromatic rings. The van der Waals surface area contributed by atoms with E-state index in [1.165, 1.54) is 7.11 Å². The van der Waals surface area contributed by atoms with Gasteiger partial charge in [-0.1, -0.05) is 6.07 Å². The van der Waals surface area contributed by atoms with Gasteiger partial charge in [-0.25, -0.2) is 4.98 Å². The van der Waals surface area contributed by atoms with Gasteiger partial charge in [0.25, 0.3) is 0 Å². The standard InChI is InChI=1S/C14H15BrN2O2/c1-9-5-11(8-17-14(9)15)16-7-10-3-4-12(18)13(6-10)19-2/h3-6,8,16,18H,7H2,1-2H3. The van der Waals surface area contributed by atoms with Crippen LogP contribution in [0.25, 0.3) is 0 Å². The molecule has 0 aliphatic rings. The Morgan fingerprint density at radius 3 is 2.84 bits per heavy atom. The molecule has 100 valence electrons. The molecule has 0 atom stereocenters. The second-order valence-electron chi connectivity index (χ2n) is 4.19. The van der Waals surface area contributed by atoms with E-state index in [-0.39, 0.29) is 5.75 Å². The summed E-state index contributed by atoms with van der Waals surface area (Å²) in [5.74, 6) is 0.622. The number of methoxy groups -OCH3 is 1. The molecule has 0 radical (unpaired) electrons. The lowest BCUT2D eigenvalue weighted by molar-refractivity contribution is 0.373. The molecule has 0 unspecified atom stereocenters. The Morgan fingerprint density at radius 1 is 1.37 bits per heavy atom. The Morgan fingerprint density at radius 2 is 2.16 bits per heavy atom. The Labute approximate surface area is 120 Å². The number of pyridine rings is 1. The number of hydrogen-bond acceptors (Lipinski definition) is 4. The molecule has 2 N–H and O–H groups in total. The van der Waals surface area contributed by atoms with Gasteiger partial charge in [0.05, 0.1) is 19.0 Å². The first-order chi connectivity index (χ1) is 9.10. The van der Waals surface area contributed by atoms with E-state index in [0.29, 0.717) is 12.3 Å². The lowest BCUT2D eigenvalue weighted by atomic mass is 10.2. The number of aromatic nitrogens is 1. The third-order valence-corrected chi connectivity index (χ3v) is 3.59. The predicted octanol–water partition coefficient (Wildman–Crippen LogP) is 3.48. The zero-order valence-corrected chi connectivity index (χ0v) is 12.4. The third kappa shape index (κ3) is 3.38. The molecule has 5 heteroatoms. The van der Waals surface area contributed by atoms with Crippen molar-refractivity contribution in [2.24, 2.45) is 0 Å². The summed E-state index contributed by atoms with van der Waals surface area (Å²) in [6, 6.07) is 7.31. The molecule has 0 saturated heterocycles. The third-order valence-electron chi connectivity index (χ3n) is 2.76. The Kier molecular flexibility index (Phi) is 4.27. The smallest absolute Gasteiger partial charge is 0.160 e. The van der Waals surface area contributed by atoms with Gasteiger partial charge in [-0.15, -0.1) is 0 Å². The number of benzene rings is 1. The fourth-order valence-corrected chi connectivity index (χ4v) is 1.91. The summed E-state index contributed by atoms with van der Waals surface area (Å²) in [5, 5.41) is 12.8. The normalized spacial score (nSPS) is 10.3. The number of aromatic hydroxyl groups is 1. The first-order valence-corrected chi connectivity index (χ1v) is 6.61. The van der Waals surface area contributed by atoms with E-state index in [2.05, 4.69) is 26.2 Å². The molecule has 0 saturated carbocycles. The molecule has 0 aliphatic heterocycles. The van der Waals surface area contributed by atoms with Crippen molar-refractivity contribution >= 4 is 21.6 Å². The van der Waals surface area contributed by atoms with Gasteiger partial charge in [-0.3, -0.25) is 0 Å². The summed E-state index contributed by atoms with van der Waals surface area (Å²) in [7, 11) is 1.54. The van der Waals surface area contributed by atoms with Gasteiger partial charge in [0.2, 0.25) is 0 Å². The zero-order chi connectivity index (χ0) is 13.8. The van der Waals surface area contributed by atoms with E-state index in [4.69, 9.17) is 4.74 Å². The second kappa shape index (κ2) is 5.93. The van der Waals surface area contributed by atoms with E-state index in [1.807, 2.05) is 25.1 Å². The Balaban J connectivity index is 2.07. The van der Waals surface area contributed by atoms with Gasteiger partial charge in [0, 0.05) is 6.54 Å². The summed E-state index contributed by atoms with van der Waals surface area (Å²) in [6.45, 7) is 2.63. The van der Waals surface area contributed by atoms with Crippen molar-refractivity contribution in [3.63, 3.8) is 0 Å². The van der Waals surface area contributed by atoms with Crippen LogP contribution in [0.5, 0.6) is 11.5 Å². The number of nitrogens with one attached hydrogen (secondary N) is 1. The first kappa shape index (κ1) is 13.7. The van der Waals surface area contributed by atoms with Crippen molar-refractivity contribution in [3.8, 4) is 11.5 Å². The number of rotatable bonds is 4. The fourth-order valence-electron chi connectivity index (χ4n) is 1.69. The lowest BCUT2D eigenvalue weighted by Crippen LogP contribution is -2.00. The molecule has 1 aromatic carbocycles. The van der Waals surface area contributed by atoms with Crippen LogP contribution in [0.1, 0.15) is 11.1 Å². The molecule has 1 aromatic heterocycles. The van der Waals surface area contributed by atoms with E-state index in [9.17, 15) is 5.11 Å². The fraction of sp³-hybridized carbons (Fsp3) is 0.214. The van der Waals surface area contributed by atoms with Crippen molar-refractivity contribution in [1.29, 1.82) is 0 Å². The molecule has 19 heavy (non-hydrogen) atoms. The van der Waals surface area contributed by atoms with Crippen molar-refractivity contribution in [3.05, 3.63) is 46.2 Å². The lowest BCUT2D eigenvalue weighted by Gasteiger charge is -2.09. The van der Waals surface area contributed by atoms with Crippen LogP contribution in [-0.2, 0) is 6.54 Å². The minimum Gasteiger partial charge on any atom is -0.504 e. The highest BCUT2D eigenvalue weighted by Crippen LogP contribution is 2.26. The number of ether oxygens (including phenoxy) is 1. The maximum Gasteiger partial charge on any atom is 0.160 e. The maximum atomic E-state index is 9.53. The molecule has 0 aliphatic carbocycles. The van der Waals surface area contributed by atoms with Crippen LogP contribution in [-0.4, -0.2) is 17.2 Å². The van der Waals surface area contributed by atoms with E-state index in [1.54, 1.807) is 12.3 Å². The number of nitrogens with zero attached hydrogens (tertiary/aromatic N) is 1. The zero-order valence-electron chi connectivity index (χ0n) is 10.8. The van der Waals surface area contributed by atoms with E-state index in [0.717, 1.165) is 21.4 Å². The average Bonchev–Trinajstić information content (AvgIpc) is 2.41. The Hall–Kier alpha value is -1.75. The monoisotopic (exact) mass is 322 g/mol. The van der Waals surface area contributed by atoms with Crippen LogP contribution < -0.4 is 10.1 Å². The van der Waals surface area contributed by atoms with Crippen LogP contribution in [0.2, 0.25) is 0 Å². The van der Waals surface area contributed by atoms with Gasteiger partial charge < -0.3 is 15.2 Å². The predicted molar refractivity (Wildman–Crippen MR) is 78.7 cm³/mol. The molecule has 0 bridgehead atoms. The number of hydrogen-bond donors (Lipinski definition) is 2. The number of phenols is 1. The molecule has 4 nitrogen and oxygen atoms in total. The molecule has 2 rings (SSSR count). The van der Waals surface area contributed by atoms with Gasteiger partial charge in [0.15, 0.2) is 11.5 Å². The van der Waals surface area contributed by atoms with Gasteiger partial charge >= 0.3 is 0 Å². The molecular weight excluding hydrogens is 308 g/mol. The van der Waals surface area contributed by atoms with Crippen molar-refractivity contribution < 1.29 is 9.84 Å². The van der Waals surface area contributed by atoms with Crippen molar-refractivity contribution in [1.82, 2.24) is 4.98 Å². The van der Waals surface area contributed by atoms with Crippen molar-refractivity contribution in [2.45, 2.75) is 13.5 Å². The SMILES string of the molecule is COc1cc(CNc2cnc(Br)c(C)c2)ccc1O. The topological polar surface area (TPSA) is 54.4 Å². The van der Waals surface area contributed by atoms with Crippen LogP contribution in [0.15, 0.2) is 35.1 Å². The molecule has 1 heterocycles. The second-order valence-corrected chi connectivity index (χ2v) is 4.94. The van der Waals surface area contributed by atoms with Crippen LogP contribution >= 0.6 is 15.9 Å². The van der Waals surface area contributed by atoms with E-state index >= 15 is 0 Å². The van der Waals surface area contributed by atoms with Gasteiger partial charge in [0.1, 0.15) is 4.60 Å². The highest BCUT2D eigenvalue weighted by molar-refractivity contribution is 9.10. The maximum absolute atomic E-state index is 9.53. The number of aryl methyl sites for hydroxylation is 1. The number of phenolic OH excluding ortho intramolecular Hbond substituents is 1. The highest BCUT2D eigenvalue weighted by atomic mass is 79.9. The summed E-state index contributed by atoms with van der Waals surface area (Å²) in [5.41, 5.74) is 3.05. The average molecular weight is 323 g/mol. The molecule has 0 spiro atoms. The first-order valence-electron chi connectivity index (χ1n) is 5.82. The minimum atomic E-state index is 0.146. The van der Waals surface area contributed by atoms with Gasteiger partial charge in [-0.2, -0.15) is 0 Å². The summed E-state index contributed by atoms with van der Waals surface area (Å²) >= 11 is 3.37.